The molecule has 0 saturated carbocycles. The third-order valence-corrected chi connectivity index (χ3v) is 3.38. The van der Waals surface area contributed by atoms with Gasteiger partial charge in [0.25, 0.3) is 5.91 Å². The van der Waals surface area contributed by atoms with Crippen molar-refractivity contribution in [3.05, 3.63) is 29.3 Å². The molecule has 1 atom stereocenters. The van der Waals surface area contributed by atoms with Crippen molar-refractivity contribution in [3.63, 3.8) is 0 Å². The number of aryl methyl sites for hydroxylation is 1. The summed E-state index contributed by atoms with van der Waals surface area (Å²) in [5.74, 6) is 0.0316. The van der Waals surface area contributed by atoms with Gasteiger partial charge in [0, 0.05) is 24.3 Å². The Labute approximate surface area is 116 Å². The summed E-state index contributed by atoms with van der Waals surface area (Å²) < 4.78 is 0. The molecule has 0 heterocycles. The largest absolute Gasteiger partial charge is 0.388 e. The second-order valence-corrected chi connectivity index (χ2v) is 5.15. The van der Waals surface area contributed by atoms with Crippen molar-refractivity contribution in [2.75, 3.05) is 12.4 Å². The Morgan fingerprint density at radius 1 is 1.32 bits per heavy atom. The van der Waals surface area contributed by atoms with Crippen molar-refractivity contribution in [2.45, 2.75) is 52.5 Å². The van der Waals surface area contributed by atoms with E-state index in [-0.39, 0.29) is 11.9 Å². The molecule has 1 unspecified atom stereocenters. The van der Waals surface area contributed by atoms with Crippen LogP contribution in [0.1, 0.15) is 55.5 Å². The first kappa shape index (κ1) is 15.5. The molecule has 0 radical (unpaired) electrons. The number of amides is 1. The number of rotatable bonds is 7. The van der Waals surface area contributed by atoms with Crippen molar-refractivity contribution < 1.29 is 4.79 Å². The van der Waals surface area contributed by atoms with Gasteiger partial charge in [-0.1, -0.05) is 26.2 Å². The van der Waals surface area contributed by atoms with E-state index < -0.39 is 0 Å². The van der Waals surface area contributed by atoms with Gasteiger partial charge in [0.2, 0.25) is 0 Å². The lowest BCUT2D eigenvalue weighted by Gasteiger charge is -2.15. The maximum atomic E-state index is 12.2. The van der Waals surface area contributed by atoms with Gasteiger partial charge in [-0.2, -0.15) is 0 Å². The number of hydrogen-bond donors (Lipinski definition) is 2. The lowest BCUT2D eigenvalue weighted by molar-refractivity contribution is 0.0937. The van der Waals surface area contributed by atoms with Crippen LogP contribution in [0.2, 0.25) is 0 Å². The molecule has 106 valence electrons. The van der Waals surface area contributed by atoms with Gasteiger partial charge in [0.1, 0.15) is 0 Å². The highest BCUT2D eigenvalue weighted by molar-refractivity contribution is 5.96. The van der Waals surface area contributed by atoms with E-state index in [1.807, 2.05) is 32.2 Å². The van der Waals surface area contributed by atoms with Gasteiger partial charge in [-0.05, 0) is 44.0 Å². The number of nitrogens with one attached hydrogen (secondary N) is 2. The minimum atomic E-state index is 0.0316. The minimum absolute atomic E-state index is 0.0316. The summed E-state index contributed by atoms with van der Waals surface area (Å²) in [6, 6.07) is 6.05. The third-order valence-electron chi connectivity index (χ3n) is 3.38. The molecular weight excluding hydrogens is 236 g/mol. The van der Waals surface area contributed by atoms with E-state index in [2.05, 4.69) is 24.5 Å². The quantitative estimate of drug-likeness (QED) is 0.735. The Hall–Kier alpha value is -1.51. The molecule has 0 aliphatic carbocycles. The van der Waals surface area contributed by atoms with Gasteiger partial charge in [0.05, 0.1) is 0 Å². The summed E-state index contributed by atoms with van der Waals surface area (Å²) in [5, 5.41) is 6.15. The molecule has 0 saturated heterocycles. The second-order valence-electron chi connectivity index (χ2n) is 5.15. The van der Waals surface area contributed by atoms with E-state index in [0.717, 1.165) is 23.2 Å². The summed E-state index contributed by atoms with van der Waals surface area (Å²) in [4.78, 5) is 12.2. The van der Waals surface area contributed by atoms with Crippen LogP contribution in [-0.4, -0.2) is 19.0 Å². The zero-order chi connectivity index (χ0) is 14.3. The Balaban J connectivity index is 2.57. The second kappa shape index (κ2) is 7.82. The molecule has 2 N–H and O–H groups in total. The van der Waals surface area contributed by atoms with Gasteiger partial charge in [-0.3, -0.25) is 4.79 Å². The van der Waals surface area contributed by atoms with Gasteiger partial charge >= 0.3 is 0 Å². The molecule has 1 amide bonds. The Bertz CT molecular complexity index is 415. The first-order chi connectivity index (χ1) is 9.08. The standard InChI is InChI=1S/C16H26N2O/c1-5-6-7-8-13(3)18-16(19)15-10-9-14(17-4)11-12(15)2/h9-11,13,17H,5-8H2,1-4H3,(H,18,19). The maximum Gasteiger partial charge on any atom is 0.251 e. The summed E-state index contributed by atoms with van der Waals surface area (Å²) in [6.07, 6.45) is 4.67. The van der Waals surface area contributed by atoms with Gasteiger partial charge in [-0.25, -0.2) is 0 Å². The van der Waals surface area contributed by atoms with Crippen molar-refractivity contribution in [1.29, 1.82) is 0 Å². The summed E-state index contributed by atoms with van der Waals surface area (Å²) in [7, 11) is 1.88. The van der Waals surface area contributed by atoms with Crippen LogP contribution in [0.15, 0.2) is 18.2 Å². The summed E-state index contributed by atoms with van der Waals surface area (Å²) in [5.41, 5.74) is 2.80. The van der Waals surface area contributed by atoms with Gasteiger partial charge in [-0.15, -0.1) is 0 Å². The van der Waals surface area contributed by atoms with Crippen LogP contribution in [0.3, 0.4) is 0 Å². The fourth-order valence-electron chi connectivity index (χ4n) is 2.15. The normalized spacial score (nSPS) is 12.0. The Kier molecular flexibility index (Phi) is 6.40. The fraction of sp³-hybridized carbons (Fsp3) is 0.562. The molecule has 1 aromatic rings. The Morgan fingerprint density at radius 3 is 2.63 bits per heavy atom. The van der Waals surface area contributed by atoms with Crippen LogP contribution in [0, 0.1) is 6.92 Å². The number of unbranched alkanes of at least 4 members (excludes halogenated alkanes) is 2. The molecule has 0 aliphatic heterocycles. The molecule has 3 nitrogen and oxygen atoms in total. The van der Waals surface area contributed by atoms with Crippen molar-refractivity contribution in [2.24, 2.45) is 0 Å². The van der Waals surface area contributed by atoms with E-state index in [1.54, 1.807) is 0 Å². The monoisotopic (exact) mass is 262 g/mol. The predicted molar refractivity (Wildman–Crippen MR) is 81.8 cm³/mol. The zero-order valence-electron chi connectivity index (χ0n) is 12.5. The number of carbonyl (C=O) groups is 1. The van der Waals surface area contributed by atoms with Crippen molar-refractivity contribution in [3.8, 4) is 0 Å². The highest BCUT2D eigenvalue weighted by Gasteiger charge is 2.12. The fourth-order valence-corrected chi connectivity index (χ4v) is 2.15. The molecular formula is C16H26N2O. The van der Waals surface area contributed by atoms with E-state index in [1.165, 1.54) is 19.3 Å². The highest BCUT2D eigenvalue weighted by atomic mass is 16.1. The third kappa shape index (κ3) is 4.93. The van der Waals surface area contributed by atoms with Gasteiger partial charge in [0.15, 0.2) is 0 Å². The smallest absolute Gasteiger partial charge is 0.251 e. The van der Waals surface area contributed by atoms with Gasteiger partial charge < -0.3 is 10.6 Å². The summed E-state index contributed by atoms with van der Waals surface area (Å²) >= 11 is 0. The first-order valence-corrected chi connectivity index (χ1v) is 7.17. The van der Waals surface area contributed by atoms with E-state index in [4.69, 9.17) is 0 Å². The number of anilines is 1. The van der Waals surface area contributed by atoms with E-state index in [0.29, 0.717) is 0 Å². The SMILES string of the molecule is CCCCCC(C)NC(=O)c1ccc(NC)cc1C. The van der Waals surface area contributed by atoms with Crippen LogP contribution < -0.4 is 10.6 Å². The first-order valence-electron chi connectivity index (χ1n) is 7.17. The molecule has 0 spiro atoms. The van der Waals surface area contributed by atoms with Crippen LogP contribution in [-0.2, 0) is 0 Å². The highest BCUT2D eigenvalue weighted by Crippen LogP contribution is 2.15. The average molecular weight is 262 g/mol. The predicted octanol–water partition coefficient (Wildman–Crippen LogP) is 3.74. The van der Waals surface area contributed by atoms with Crippen LogP contribution >= 0.6 is 0 Å². The molecule has 0 fully saturated rings. The van der Waals surface area contributed by atoms with Crippen molar-refractivity contribution >= 4 is 11.6 Å². The molecule has 0 aliphatic rings. The number of hydrogen-bond acceptors (Lipinski definition) is 2. The minimum Gasteiger partial charge on any atom is -0.388 e. The van der Waals surface area contributed by atoms with E-state index >= 15 is 0 Å². The number of benzene rings is 1. The zero-order valence-corrected chi connectivity index (χ0v) is 12.5. The number of carbonyl (C=O) groups excluding carboxylic acids is 1. The van der Waals surface area contributed by atoms with Crippen LogP contribution in [0.5, 0.6) is 0 Å². The molecule has 19 heavy (non-hydrogen) atoms. The van der Waals surface area contributed by atoms with Crippen LogP contribution in [0.4, 0.5) is 5.69 Å². The summed E-state index contributed by atoms with van der Waals surface area (Å²) in [6.45, 7) is 6.23. The molecule has 1 rings (SSSR count). The lowest BCUT2D eigenvalue weighted by Crippen LogP contribution is -2.32. The maximum absolute atomic E-state index is 12.2. The Morgan fingerprint density at radius 2 is 2.05 bits per heavy atom. The molecule has 0 aromatic heterocycles. The lowest BCUT2D eigenvalue weighted by atomic mass is 10.1. The molecule has 3 heteroatoms. The van der Waals surface area contributed by atoms with E-state index in [9.17, 15) is 4.79 Å². The average Bonchev–Trinajstić information content (AvgIpc) is 2.38. The molecule has 0 bridgehead atoms. The van der Waals surface area contributed by atoms with Crippen LogP contribution in [0.25, 0.3) is 0 Å². The molecule has 1 aromatic carbocycles. The topological polar surface area (TPSA) is 41.1 Å². The van der Waals surface area contributed by atoms with Crippen molar-refractivity contribution in [1.82, 2.24) is 5.32 Å².